The van der Waals surface area contributed by atoms with Gasteiger partial charge in [-0.2, -0.15) is 0 Å². The van der Waals surface area contributed by atoms with Crippen LogP contribution in [-0.4, -0.2) is 80.3 Å². The zero-order valence-corrected chi connectivity index (χ0v) is 29.8. The molecule has 250 valence electrons. The van der Waals surface area contributed by atoms with Crippen molar-refractivity contribution in [2.75, 3.05) is 44.6 Å². The van der Waals surface area contributed by atoms with Crippen LogP contribution < -0.4 is 10.6 Å². The zero-order valence-electron chi connectivity index (χ0n) is 28.2. The number of piperidine rings is 3. The number of likely N-dealkylation sites (tertiary alicyclic amines) is 1. The van der Waals surface area contributed by atoms with Gasteiger partial charge in [-0.3, -0.25) is 0 Å². The van der Waals surface area contributed by atoms with E-state index in [0.29, 0.717) is 0 Å². The Kier molecular flexibility index (Phi) is 16.3. The molecule has 3 saturated heterocycles. The maximum Gasteiger partial charge on any atom is 0.410 e. The molecule has 1 amide bonds. The molecule has 5 rings (SSSR count). The van der Waals surface area contributed by atoms with Crippen LogP contribution in [0.25, 0.3) is 0 Å². The predicted molar refractivity (Wildman–Crippen MR) is 183 cm³/mol. The van der Waals surface area contributed by atoms with E-state index >= 15 is 0 Å². The summed E-state index contributed by atoms with van der Waals surface area (Å²) in [5.74, 6) is 2.59. The van der Waals surface area contributed by atoms with Crippen LogP contribution in [0.4, 0.5) is 4.79 Å². The Bertz CT molecular complexity index is 1050. The summed E-state index contributed by atoms with van der Waals surface area (Å²) >= 11 is 3.46. The molecule has 0 aromatic carbocycles. The Hall–Kier alpha value is -1.91. The molecule has 44 heavy (non-hydrogen) atoms. The molecular weight excluding hydrogens is 618 g/mol. The number of ether oxygens (including phenoxy) is 1. The number of rotatable bonds is 8. The SMILES string of the molecule is CC(C)(C)OC(=O)N1CCC(CCBr)CC1.Cc1cn(CCC2CCNCC2)cn1.Cc1cncn1CCC1CCNCC1. The number of hydrogen-bond acceptors (Lipinski definition) is 6. The topological polar surface area (TPSA) is 89.2 Å². The van der Waals surface area contributed by atoms with Gasteiger partial charge < -0.3 is 29.4 Å². The van der Waals surface area contributed by atoms with Gasteiger partial charge in [0.1, 0.15) is 5.60 Å². The lowest BCUT2D eigenvalue weighted by molar-refractivity contribution is 0.0183. The van der Waals surface area contributed by atoms with Gasteiger partial charge in [0.15, 0.2) is 0 Å². The summed E-state index contributed by atoms with van der Waals surface area (Å²) in [5.41, 5.74) is 2.01. The van der Waals surface area contributed by atoms with Crippen molar-refractivity contribution in [2.45, 2.75) is 111 Å². The van der Waals surface area contributed by atoms with Crippen molar-refractivity contribution in [3.05, 3.63) is 36.4 Å². The van der Waals surface area contributed by atoms with Crippen molar-refractivity contribution in [2.24, 2.45) is 17.8 Å². The Morgan fingerprint density at radius 2 is 1.45 bits per heavy atom. The van der Waals surface area contributed by atoms with Crippen molar-refractivity contribution in [1.29, 1.82) is 0 Å². The van der Waals surface area contributed by atoms with Crippen molar-refractivity contribution in [3.8, 4) is 0 Å². The molecule has 0 unspecified atom stereocenters. The Labute approximate surface area is 275 Å². The summed E-state index contributed by atoms with van der Waals surface area (Å²) in [6.07, 6.45) is 19.2. The Balaban J connectivity index is 0.000000181. The van der Waals surface area contributed by atoms with Crippen LogP contribution in [0.2, 0.25) is 0 Å². The third-order valence-electron chi connectivity index (χ3n) is 8.96. The minimum absolute atomic E-state index is 0.162. The first-order valence-electron chi connectivity index (χ1n) is 17.0. The number of alkyl halides is 1. The highest BCUT2D eigenvalue weighted by Gasteiger charge is 2.26. The van der Waals surface area contributed by atoms with Crippen LogP contribution in [-0.2, 0) is 17.8 Å². The molecule has 0 aliphatic carbocycles. The van der Waals surface area contributed by atoms with E-state index in [2.05, 4.69) is 58.8 Å². The fourth-order valence-corrected chi connectivity index (χ4v) is 6.74. The lowest BCUT2D eigenvalue weighted by Crippen LogP contribution is -2.41. The van der Waals surface area contributed by atoms with E-state index in [0.717, 1.165) is 67.8 Å². The van der Waals surface area contributed by atoms with Gasteiger partial charge in [0.25, 0.3) is 0 Å². The van der Waals surface area contributed by atoms with Crippen LogP contribution in [0.1, 0.15) is 89.9 Å². The molecule has 3 aliphatic heterocycles. The molecular formula is C34H60BrN7O2. The largest absolute Gasteiger partial charge is 0.444 e. The maximum absolute atomic E-state index is 11.8. The van der Waals surface area contributed by atoms with Crippen LogP contribution in [0.15, 0.2) is 25.0 Å². The second-order valence-corrected chi connectivity index (χ2v) is 14.6. The van der Waals surface area contributed by atoms with Crippen molar-refractivity contribution in [1.82, 2.24) is 34.6 Å². The summed E-state index contributed by atoms with van der Waals surface area (Å²) in [6, 6.07) is 0. The molecule has 3 aliphatic rings. The zero-order chi connectivity index (χ0) is 31.8. The minimum atomic E-state index is -0.385. The van der Waals surface area contributed by atoms with E-state index in [-0.39, 0.29) is 11.7 Å². The number of aryl methyl sites for hydroxylation is 4. The van der Waals surface area contributed by atoms with Gasteiger partial charge in [-0.05, 0) is 136 Å². The molecule has 2 N–H and O–H groups in total. The number of carbonyl (C=O) groups is 1. The number of amides is 1. The number of imidazole rings is 2. The summed E-state index contributed by atoms with van der Waals surface area (Å²) < 4.78 is 9.81. The maximum atomic E-state index is 11.8. The average molecular weight is 679 g/mol. The van der Waals surface area contributed by atoms with Gasteiger partial charge in [0, 0.05) is 49.6 Å². The number of aromatic nitrogens is 4. The second kappa shape index (κ2) is 19.6. The second-order valence-electron chi connectivity index (χ2n) is 13.8. The molecule has 9 nitrogen and oxygen atoms in total. The van der Waals surface area contributed by atoms with Gasteiger partial charge >= 0.3 is 6.09 Å². The number of nitrogens with zero attached hydrogens (tertiary/aromatic N) is 5. The van der Waals surface area contributed by atoms with Crippen LogP contribution in [0.5, 0.6) is 0 Å². The third-order valence-corrected chi connectivity index (χ3v) is 9.42. The summed E-state index contributed by atoms with van der Waals surface area (Å²) in [4.78, 5) is 22.0. The number of nitrogens with one attached hydrogen (secondary N) is 2. The van der Waals surface area contributed by atoms with Crippen LogP contribution in [0, 0.1) is 31.6 Å². The smallest absolute Gasteiger partial charge is 0.410 e. The van der Waals surface area contributed by atoms with Crippen LogP contribution in [0.3, 0.4) is 0 Å². The first-order valence-corrected chi connectivity index (χ1v) is 18.2. The molecule has 0 spiro atoms. The fourth-order valence-electron chi connectivity index (χ4n) is 6.09. The monoisotopic (exact) mass is 677 g/mol. The van der Waals surface area contributed by atoms with E-state index in [9.17, 15) is 4.79 Å². The Morgan fingerprint density at radius 1 is 0.886 bits per heavy atom. The average Bonchev–Trinajstić information content (AvgIpc) is 3.63. The van der Waals surface area contributed by atoms with Crippen molar-refractivity contribution in [3.63, 3.8) is 0 Å². The van der Waals surface area contributed by atoms with Gasteiger partial charge in [-0.15, -0.1) is 0 Å². The molecule has 0 radical (unpaired) electrons. The normalized spacial score (nSPS) is 18.6. The molecule has 5 heterocycles. The standard InChI is InChI=1S/C12H22BrNO2.2C11H19N3/c1-12(2,3)16-11(15)14-8-5-10(4-7-13)6-9-14;1-10-8-14(9-13-10)7-4-11-2-5-12-6-3-11;1-10-8-13-9-14(10)7-4-11-2-5-12-6-3-11/h10H,4-9H2,1-3H3;2*8-9,11-12H,2-7H2,1H3. The number of carbonyl (C=O) groups excluding carboxylic acids is 1. The molecule has 0 saturated carbocycles. The van der Waals surface area contributed by atoms with E-state index in [1.165, 1.54) is 76.8 Å². The first-order chi connectivity index (χ1) is 21.1. The summed E-state index contributed by atoms with van der Waals surface area (Å²) in [6.45, 7) is 18.6. The highest BCUT2D eigenvalue weighted by molar-refractivity contribution is 9.09. The summed E-state index contributed by atoms with van der Waals surface area (Å²) in [7, 11) is 0. The molecule has 3 fully saturated rings. The van der Waals surface area contributed by atoms with Crippen molar-refractivity contribution >= 4 is 22.0 Å². The molecule has 10 heteroatoms. The quantitative estimate of drug-likeness (QED) is 0.307. The summed E-state index contributed by atoms with van der Waals surface area (Å²) in [5, 5.41) is 7.86. The third kappa shape index (κ3) is 14.5. The molecule has 2 aromatic heterocycles. The predicted octanol–water partition coefficient (Wildman–Crippen LogP) is 6.58. The number of halogens is 1. The van der Waals surface area contributed by atoms with E-state index in [1.54, 1.807) is 0 Å². The van der Waals surface area contributed by atoms with E-state index < -0.39 is 0 Å². The molecule has 0 atom stereocenters. The number of hydrogen-bond donors (Lipinski definition) is 2. The lowest BCUT2D eigenvalue weighted by atomic mass is 9.95. The van der Waals surface area contributed by atoms with Gasteiger partial charge in [0.05, 0.1) is 18.3 Å². The highest BCUT2D eigenvalue weighted by Crippen LogP contribution is 2.23. The highest BCUT2D eigenvalue weighted by atomic mass is 79.9. The Morgan fingerprint density at radius 3 is 1.93 bits per heavy atom. The van der Waals surface area contributed by atoms with E-state index in [1.807, 2.05) is 51.4 Å². The lowest BCUT2D eigenvalue weighted by Gasteiger charge is -2.33. The van der Waals surface area contributed by atoms with Crippen molar-refractivity contribution < 1.29 is 9.53 Å². The minimum Gasteiger partial charge on any atom is -0.444 e. The van der Waals surface area contributed by atoms with Gasteiger partial charge in [-0.1, -0.05) is 15.9 Å². The molecule has 2 aromatic rings. The van der Waals surface area contributed by atoms with E-state index in [4.69, 9.17) is 4.74 Å². The fraction of sp³-hybridized carbons (Fsp3) is 0.794. The van der Waals surface area contributed by atoms with Gasteiger partial charge in [-0.25, -0.2) is 14.8 Å². The molecule has 0 bridgehead atoms. The van der Waals surface area contributed by atoms with Crippen LogP contribution >= 0.6 is 15.9 Å². The van der Waals surface area contributed by atoms with Gasteiger partial charge in [0.2, 0.25) is 0 Å². The first kappa shape index (κ1) is 36.6.